The number of ether oxygens (including phenoxy) is 1. The van der Waals surface area contributed by atoms with Crippen molar-refractivity contribution in [3.05, 3.63) is 53.1 Å². The molecule has 0 atom stereocenters. The third kappa shape index (κ3) is 3.86. The van der Waals surface area contributed by atoms with Gasteiger partial charge in [0.25, 0.3) is 5.91 Å². The van der Waals surface area contributed by atoms with Crippen molar-refractivity contribution in [2.75, 3.05) is 0 Å². The van der Waals surface area contributed by atoms with Crippen LogP contribution in [0.2, 0.25) is 0 Å². The van der Waals surface area contributed by atoms with Crippen LogP contribution in [0.5, 0.6) is 5.75 Å². The third-order valence-corrected chi connectivity index (χ3v) is 4.42. The first-order valence-electron chi connectivity index (χ1n) is 8.37. The second-order valence-corrected chi connectivity index (χ2v) is 6.35. The lowest BCUT2D eigenvalue weighted by atomic mass is 10.0. The molecule has 1 aromatic heterocycles. The summed E-state index contributed by atoms with van der Waals surface area (Å²) in [5.74, 6) is -0.296. The van der Waals surface area contributed by atoms with E-state index in [2.05, 4.69) is 25.5 Å². The molecule has 6 nitrogen and oxygen atoms in total. The second-order valence-electron chi connectivity index (χ2n) is 6.35. The zero-order valence-electron chi connectivity index (χ0n) is 14.0. The molecule has 4 rings (SSSR count). The zero-order valence-corrected chi connectivity index (χ0v) is 14.0. The molecule has 9 heteroatoms. The molecule has 2 N–H and O–H groups in total. The molecule has 1 saturated carbocycles. The standard InChI is InChI=1S/C18H15F3N4O2/c19-18(20,21)27-12-5-3-11(4-6-12)17(26)22-9-14-13(10-1-2-10)7-8-15-16(14)24-25-23-15/h3-8,10H,1-2,9H2,(H,22,26)(H,23,24,25). The zero-order chi connectivity index (χ0) is 19.0. The number of nitrogens with zero attached hydrogens (tertiary/aromatic N) is 2. The smallest absolute Gasteiger partial charge is 0.406 e. The summed E-state index contributed by atoms with van der Waals surface area (Å²) >= 11 is 0. The molecule has 0 saturated heterocycles. The fourth-order valence-electron chi connectivity index (χ4n) is 3.02. The normalized spacial score (nSPS) is 14.3. The van der Waals surface area contributed by atoms with E-state index in [1.807, 2.05) is 12.1 Å². The highest BCUT2D eigenvalue weighted by Gasteiger charge is 2.31. The number of aromatic amines is 1. The maximum Gasteiger partial charge on any atom is 0.573 e. The number of halogens is 3. The highest BCUT2D eigenvalue weighted by atomic mass is 19.4. The van der Waals surface area contributed by atoms with Gasteiger partial charge < -0.3 is 10.1 Å². The van der Waals surface area contributed by atoms with E-state index in [4.69, 9.17) is 0 Å². The van der Waals surface area contributed by atoms with E-state index < -0.39 is 12.3 Å². The maximum atomic E-state index is 12.4. The van der Waals surface area contributed by atoms with Crippen LogP contribution in [0.4, 0.5) is 13.2 Å². The lowest BCUT2D eigenvalue weighted by molar-refractivity contribution is -0.274. The summed E-state index contributed by atoms with van der Waals surface area (Å²) in [5.41, 5.74) is 3.73. The van der Waals surface area contributed by atoms with Gasteiger partial charge in [0.05, 0.1) is 0 Å². The summed E-state index contributed by atoms with van der Waals surface area (Å²) < 4.78 is 40.4. The summed E-state index contributed by atoms with van der Waals surface area (Å²) in [6.45, 7) is 0.259. The van der Waals surface area contributed by atoms with E-state index in [1.165, 1.54) is 12.1 Å². The van der Waals surface area contributed by atoms with Crippen molar-refractivity contribution in [1.29, 1.82) is 0 Å². The Labute approximate surface area is 151 Å². The van der Waals surface area contributed by atoms with Gasteiger partial charge in [0.1, 0.15) is 16.8 Å². The molecule has 0 radical (unpaired) electrons. The summed E-state index contributed by atoms with van der Waals surface area (Å²) in [6, 6.07) is 8.70. The van der Waals surface area contributed by atoms with Crippen LogP contribution in [-0.4, -0.2) is 27.7 Å². The largest absolute Gasteiger partial charge is 0.573 e. The summed E-state index contributed by atoms with van der Waals surface area (Å²) in [7, 11) is 0. The first-order valence-corrected chi connectivity index (χ1v) is 8.37. The number of alkyl halides is 3. The van der Waals surface area contributed by atoms with Crippen molar-refractivity contribution in [2.24, 2.45) is 0 Å². The Morgan fingerprint density at radius 2 is 1.89 bits per heavy atom. The number of hydrogen-bond acceptors (Lipinski definition) is 4. The van der Waals surface area contributed by atoms with E-state index in [0.717, 1.165) is 41.6 Å². The number of aromatic nitrogens is 3. The maximum absolute atomic E-state index is 12.4. The Morgan fingerprint density at radius 1 is 1.15 bits per heavy atom. The van der Waals surface area contributed by atoms with Gasteiger partial charge in [0, 0.05) is 17.7 Å². The van der Waals surface area contributed by atoms with E-state index in [9.17, 15) is 18.0 Å². The van der Waals surface area contributed by atoms with Crippen LogP contribution in [0.1, 0.15) is 40.2 Å². The van der Waals surface area contributed by atoms with Crippen molar-refractivity contribution in [3.63, 3.8) is 0 Å². The van der Waals surface area contributed by atoms with E-state index in [0.29, 0.717) is 11.4 Å². The number of carbonyl (C=O) groups is 1. The summed E-state index contributed by atoms with van der Waals surface area (Å²) in [4.78, 5) is 12.4. The van der Waals surface area contributed by atoms with Gasteiger partial charge in [0.15, 0.2) is 0 Å². The molecular weight excluding hydrogens is 361 g/mol. The Balaban J connectivity index is 1.49. The first-order chi connectivity index (χ1) is 12.9. The molecule has 0 bridgehead atoms. The van der Waals surface area contributed by atoms with Crippen molar-refractivity contribution < 1.29 is 22.7 Å². The van der Waals surface area contributed by atoms with Crippen LogP contribution < -0.4 is 10.1 Å². The summed E-state index contributed by atoms with van der Waals surface area (Å²) in [6.07, 6.45) is -2.56. The van der Waals surface area contributed by atoms with Crippen LogP contribution in [0.3, 0.4) is 0 Å². The highest BCUT2D eigenvalue weighted by Crippen LogP contribution is 2.42. The van der Waals surface area contributed by atoms with Gasteiger partial charge in [-0.25, -0.2) is 0 Å². The Morgan fingerprint density at radius 3 is 2.56 bits per heavy atom. The van der Waals surface area contributed by atoms with Crippen LogP contribution in [0.25, 0.3) is 11.0 Å². The van der Waals surface area contributed by atoms with Crippen LogP contribution in [-0.2, 0) is 6.54 Å². The van der Waals surface area contributed by atoms with Crippen LogP contribution >= 0.6 is 0 Å². The number of nitrogens with one attached hydrogen (secondary N) is 2. The van der Waals surface area contributed by atoms with Crippen molar-refractivity contribution in [1.82, 2.24) is 20.7 Å². The molecular formula is C18H15F3N4O2. The van der Waals surface area contributed by atoms with E-state index in [1.54, 1.807) is 0 Å². The minimum absolute atomic E-state index is 0.241. The van der Waals surface area contributed by atoms with Gasteiger partial charge in [-0.05, 0) is 54.7 Å². The van der Waals surface area contributed by atoms with Crippen LogP contribution in [0, 0.1) is 0 Å². The summed E-state index contributed by atoms with van der Waals surface area (Å²) in [5, 5.41) is 13.6. The molecule has 1 amide bonds. The molecule has 27 heavy (non-hydrogen) atoms. The fraction of sp³-hybridized carbons (Fsp3) is 0.278. The quantitative estimate of drug-likeness (QED) is 0.712. The predicted octanol–water partition coefficient (Wildman–Crippen LogP) is 3.66. The molecule has 2 aromatic carbocycles. The fourth-order valence-corrected chi connectivity index (χ4v) is 3.02. The molecule has 3 aromatic rings. The third-order valence-electron chi connectivity index (χ3n) is 4.42. The van der Waals surface area contributed by atoms with Gasteiger partial charge in [-0.15, -0.1) is 13.2 Å². The Kier molecular flexibility index (Phi) is 4.21. The van der Waals surface area contributed by atoms with Gasteiger partial charge in [-0.1, -0.05) is 6.07 Å². The van der Waals surface area contributed by atoms with Gasteiger partial charge in [-0.3, -0.25) is 4.79 Å². The molecule has 1 fully saturated rings. The monoisotopic (exact) mass is 376 g/mol. The van der Waals surface area contributed by atoms with Gasteiger partial charge in [-0.2, -0.15) is 15.4 Å². The average molecular weight is 376 g/mol. The number of rotatable bonds is 5. The van der Waals surface area contributed by atoms with Gasteiger partial charge >= 0.3 is 6.36 Å². The number of hydrogen-bond donors (Lipinski definition) is 2. The molecule has 0 spiro atoms. The number of carbonyl (C=O) groups excluding carboxylic acids is 1. The first kappa shape index (κ1) is 17.3. The van der Waals surface area contributed by atoms with E-state index in [-0.39, 0.29) is 17.9 Å². The van der Waals surface area contributed by atoms with Gasteiger partial charge in [0.2, 0.25) is 0 Å². The lowest BCUT2D eigenvalue weighted by Gasteiger charge is -2.12. The van der Waals surface area contributed by atoms with Crippen molar-refractivity contribution >= 4 is 16.9 Å². The second kappa shape index (κ2) is 6.57. The number of benzene rings is 2. The number of amides is 1. The molecule has 1 aliphatic rings. The molecule has 0 aliphatic heterocycles. The van der Waals surface area contributed by atoms with Crippen molar-refractivity contribution in [2.45, 2.75) is 31.7 Å². The van der Waals surface area contributed by atoms with Crippen LogP contribution in [0.15, 0.2) is 36.4 Å². The minimum Gasteiger partial charge on any atom is -0.406 e. The molecule has 140 valence electrons. The molecule has 1 aliphatic carbocycles. The Bertz CT molecular complexity index is 978. The minimum atomic E-state index is -4.76. The predicted molar refractivity (Wildman–Crippen MR) is 90.2 cm³/mol. The lowest BCUT2D eigenvalue weighted by Crippen LogP contribution is -2.23. The topological polar surface area (TPSA) is 79.9 Å². The Hall–Kier alpha value is -3.10. The molecule has 1 heterocycles. The van der Waals surface area contributed by atoms with E-state index >= 15 is 0 Å². The highest BCUT2D eigenvalue weighted by molar-refractivity contribution is 5.94. The number of H-pyrrole nitrogens is 1. The SMILES string of the molecule is O=C(NCc1c(C2CC2)ccc2n[nH]nc12)c1ccc(OC(F)(F)F)cc1. The average Bonchev–Trinajstić information content (AvgIpc) is 3.35. The molecule has 0 unspecified atom stereocenters. The van der Waals surface area contributed by atoms with Crippen molar-refractivity contribution in [3.8, 4) is 5.75 Å². The number of fused-ring (bicyclic) bond motifs is 1.